The van der Waals surface area contributed by atoms with Gasteiger partial charge in [0, 0.05) is 14.9 Å². The van der Waals surface area contributed by atoms with Gasteiger partial charge in [0.2, 0.25) is 0 Å². The fourth-order valence-corrected chi connectivity index (χ4v) is 1.99. The van der Waals surface area contributed by atoms with E-state index < -0.39 is 0 Å². The molecular weight excluding hydrogens is 312 g/mol. The Morgan fingerprint density at radius 2 is 1.78 bits per heavy atom. The first-order valence-electron chi connectivity index (χ1n) is 5.36. The molecule has 2 nitrogen and oxygen atoms in total. The fraction of sp³-hybridized carbons (Fsp3) is 0.0714. The Balaban J connectivity index is 2.01. The molecule has 0 aromatic heterocycles. The largest absolute Gasteiger partial charge is 0.457 e. The third-order valence-corrected chi connectivity index (χ3v) is 3.49. The number of rotatable bonds is 3. The molecule has 2 rings (SSSR count). The summed E-state index contributed by atoms with van der Waals surface area (Å²) in [7, 11) is 0. The maximum absolute atomic E-state index is 11.8. The van der Waals surface area contributed by atoms with E-state index in [2.05, 4.69) is 28.6 Å². The standard InChI is InChI=1S/C14H11BrO2S/c15-13-4-2-1-3-11(13)9-17-14(16)10-5-7-12(18)8-6-10/h1-8,18H,9H2. The van der Waals surface area contributed by atoms with Crippen LogP contribution in [-0.2, 0) is 11.3 Å². The van der Waals surface area contributed by atoms with Gasteiger partial charge < -0.3 is 4.74 Å². The highest BCUT2D eigenvalue weighted by Gasteiger charge is 2.07. The molecule has 0 saturated carbocycles. The average Bonchev–Trinajstić information content (AvgIpc) is 2.38. The first kappa shape index (κ1) is 13.2. The lowest BCUT2D eigenvalue weighted by atomic mass is 10.2. The predicted octanol–water partition coefficient (Wildman–Crippen LogP) is 4.09. The minimum Gasteiger partial charge on any atom is -0.457 e. The normalized spacial score (nSPS) is 10.1. The number of hydrogen-bond acceptors (Lipinski definition) is 3. The van der Waals surface area contributed by atoms with Gasteiger partial charge in [0.1, 0.15) is 6.61 Å². The second-order valence-electron chi connectivity index (χ2n) is 3.71. The summed E-state index contributed by atoms with van der Waals surface area (Å²) in [6, 6.07) is 14.6. The number of esters is 1. The van der Waals surface area contributed by atoms with Gasteiger partial charge in [-0.3, -0.25) is 0 Å². The number of thiol groups is 1. The van der Waals surface area contributed by atoms with Crippen LogP contribution in [-0.4, -0.2) is 5.97 Å². The first-order valence-corrected chi connectivity index (χ1v) is 6.60. The zero-order valence-electron chi connectivity index (χ0n) is 9.47. The number of halogens is 1. The molecule has 0 aliphatic heterocycles. The highest BCUT2D eigenvalue weighted by molar-refractivity contribution is 9.10. The summed E-state index contributed by atoms with van der Waals surface area (Å²) >= 11 is 7.58. The lowest BCUT2D eigenvalue weighted by Gasteiger charge is -2.06. The first-order chi connectivity index (χ1) is 8.66. The van der Waals surface area contributed by atoms with E-state index in [-0.39, 0.29) is 12.6 Å². The average molecular weight is 323 g/mol. The minimum atomic E-state index is -0.334. The van der Waals surface area contributed by atoms with Crippen molar-refractivity contribution < 1.29 is 9.53 Å². The van der Waals surface area contributed by atoms with Crippen LogP contribution >= 0.6 is 28.6 Å². The van der Waals surface area contributed by atoms with Crippen molar-refractivity contribution in [2.75, 3.05) is 0 Å². The lowest BCUT2D eigenvalue weighted by molar-refractivity contribution is 0.0472. The molecule has 0 bridgehead atoms. The number of hydrogen-bond donors (Lipinski definition) is 1. The van der Waals surface area contributed by atoms with Crippen LogP contribution in [0.15, 0.2) is 57.9 Å². The van der Waals surface area contributed by atoms with Gasteiger partial charge in [0.15, 0.2) is 0 Å². The SMILES string of the molecule is O=C(OCc1ccccc1Br)c1ccc(S)cc1. The summed E-state index contributed by atoms with van der Waals surface area (Å²) < 4.78 is 6.17. The molecular formula is C14H11BrO2S. The van der Waals surface area contributed by atoms with Crippen molar-refractivity contribution in [2.45, 2.75) is 11.5 Å². The molecule has 0 N–H and O–H groups in total. The minimum absolute atomic E-state index is 0.253. The molecule has 0 fully saturated rings. The number of benzene rings is 2. The molecule has 0 unspecified atom stereocenters. The maximum Gasteiger partial charge on any atom is 0.338 e. The molecule has 0 heterocycles. The third-order valence-electron chi connectivity index (χ3n) is 2.42. The molecule has 0 spiro atoms. The van der Waals surface area contributed by atoms with E-state index in [1.54, 1.807) is 24.3 Å². The molecule has 2 aromatic carbocycles. The summed E-state index contributed by atoms with van der Waals surface area (Å²) in [5.74, 6) is -0.334. The van der Waals surface area contributed by atoms with Gasteiger partial charge in [-0.05, 0) is 30.3 Å². The van der Waals surface area contributed by atoms with Crippen LogP contribution in [0.1, 0.15) is 15.9 Å². The highest BCUT2D eigenvalue weighted by Crippen LogP contribution is 2.17. The van der Waals surface area contributed by atoms with Gasteiger partial charge in [-0.2, -0.15) is 0 Å². The molecule has 92 valence electrons. The van der Waals surface area contributed by atoms with Gasteiger partial charge in [-0.15, -0.1) is 12.6 Å². The van der Waals surface area contributed by atoms with Gasteiger partial charge in [-0.25, -0.2) is 4.79 Å². The van der Waals surface area contributed by atoms with Gasteiger partial charge in [0.05, 0.1) is 5.56 Å². The van der Waals surface area contributed by atoms with Crippen molar-refractivity contribution in [3.8, 4) is 0 Å². The van der Waals surface area contributed by atoms with E-state index in [0.717, 1.165) is 14.9 Å². The van der Waals surface area contributed by atoms with Crippen LogP contribution in [0.25, 0.3) is 0 Å². The van der Waals surface area contributed by atoms with Gasteiger partial charge in [-0.1, -0.05) is 34.1 Å². The van der Waals surface area contributed by atoms with Crippen molar-refractivity contribution >= 4 is 34.5 Å². The van der Waals surface area contributed by atoms with E-state index in [1.165, 1.54) is 0 Å². The Morgan fingerprint density at radius 3 is 2.44 bits per heavy atom. The Kier molecular flexibility index (Phi) is 4.44. The zero-order valence-corrected chi connectivity index (χ0v) is 11.9. The molecule has 4 heteroatoms. The Bertz CT molecular complexity index is 552. The quantitative estimate of drug-likeness (QED) is 0.680. The number of ether oxygens (including phenoxy) is 1. The summed E-state index contributed by atoms with van der Waals surface area (Å²) in [5.41, 5.74) is 1.47. The molecule has 18 heavy (non-hydrogen) atoms. The summed E-state index contributed by atoms with van der Waals surface area (Å²) in [6.07, 6.45) is 0. The van der Waals surface area contributed by atoms with Crippen LogP contribution in [0.2, 0.25) is 0 Å². The monoisotopic (exact) mass is 322 g/mol. The molecule has 0 saturated heterocycles. The van der Waals surface area contributed by atoms with Crippen molar-refractivity contribution in [2.24, 2.45) is 0 Å². The summed E-state index contributed by atoms with van der Waals surface area (Å²) in [6.45, 7) is 0.253. The number of carbonyl (C=O) groups is 1. The Labute approximate surface area is 120 Å². The fourth-order valence-electron chi connectivity index (χ4n) is 1.44. The Hall–Kier alpha value is -1.26. The highest BCUT2D eigenvalue weighted by atomic mass is 79.9. The van der Waals surface area contributed by atoms with E-state index >= 15 is 0 Å². The van der Waals surface area contributed by atoms with Crippen molar-refractivity contribution in [1.29, 1.82) is 0 Å². The van der Waals surface area contributed by atoms with Crippen LogP contribution in [0.3, 0.4) is 0 Å². The molecule has 0 radical (unpaired) electrons. The molecule has 0 aliphatic rings. The lowest BCUT2D eigenvalue weighted by Crippen LogP contribution is -2.05. The number of carbonyl (C=O) groups excluding carboxylic acids is 1. The third kappa shape index (κ3) is 3.37. The summed E-state index contributed by atoms with van der Waals surface area (Å²) in [4.78, 5) is 12.6. The summed E-state index contributed by atoms with van der Waals surface area (Å²) in [5, 5.41) is 0. The van der Waals surface area contributed by atoms with Crippen LogP contribution < -0.4 is 0 Å². The van der Waals surface area contributed by atoms with Gasteiger partial charge >= 0.3 is 5.97 Å². The second-order valence-corrected chi connectivity index (χ2v) is 5.09. The van der Waals surface area contributed by atoms with E-state index in [1.807, 2.05) is 24.3 Å². The Morgan fingerprint density at radius 1 is 1.11 bits per heavy atom. The van der Waals surface area contributed by atoms with Crippen molar-refractivity contribution in [3.63, 3.8) is 0 Å². The van der Waals surface area contributed by atoms with E-state index in [9.17, 15) is 4.79 Å². The molecule has 0 amide bonds. The topological polar surface area (TPSA) is 26.3 Å². The van der Waals surface area contributed by atoms with Crippen LogP contribution in [0.5, 0.6) is 0 Å². The molecule has 2 aromatic rings. The van der Waals surface area contributed by atoms with Crippen molar-refractivity contribution in [3.05, 3.63) is 64.1 Å². The van der Waals surface area contributed by atoms with Gasteiger partial charge in [0.25, 0.3) is 0 Å². The van der Waals surface area contributed by atoms with Crippen LogP contribution in [0.4, 0.5) is 0 Å². The van der Waals surface area contributed by atoms with E-state index in [4.69, 9.17) is 4.74 Å². The molecule has 0 atom stereocenters. The maximum atomic E-state index is 11.8. The van der Waals surface area contributed by atoms with Crippen LogP contribution in [0, 0.1) is 0 Å². The molecule has 0 aliphatic carbocycles. The smallest absolute Gasteiger partial charge is 0.338 e. The second kappa shape index (κ2) is 6.07. The van der Waals surface area contributed by atoms with E-state index in [0.29, 0.717) is 5.56 Å². The van der Waals surface area contributed by atoms with Crippen molar-refractivity contribution in [1.82, 2.24) is 0 Å². The predicted molar refractivity (Wildman–Crippen MR) is 77.0 cm³/mol. The zero-order chi connectivity index (χ0) is 13.0.